The summed E-state index contributed by atoms with van der Waals surface area (Å²) in [7, 11) is -2.09. The van der Waals surface area contributed by atoms with Gasteiger partial charge < -0.3 is 14.0 Å². The molecule has 19 heavy (non-hydrogen) atoms. The molecule has 5 heteroatoms. The molecular formula is C14H33NO3Si. The first-order valence-electron chi connectivity index (χ1n) is 7.72. The molecule has 0 bridgehead atoms. The highest BCUT2D eigenvalue weighted by atomic mass is 28.4. The molecule has 0 spiro atoms. The summed E-state index contributed by atoms with van der Waals surface area (Å²) >= 11 is 0. The van der Waals surface area contributed by atoms with Gasteiger partial charge in [0.05, 0.1) is 0 Å². The number of rotatable bonds is 12. The fourth-order valence-corrected chi connectivity index (χ4v) is 4.73. The van der Waals surface area contributed by atoms with Crippen molar-refractivity contribution in [3.63, 3.8) is 0 Å². The molecule has 4 nitrogen and oxygen atoms in total. The van der Waals surface area contributed by atoms with Gasteiger partial charge in [-0.2, -0.15) is 0 Å². The van der Waals surface area contributed by atoms with Crippen molar-refractivity contribution in [3.8, 4) is 0 Å². The van der Waals surface area contributed by atoms with Crippen molar-refractivity contribution < 1.29 is 14.0 Å². The number of nitrogens with zero attached hydrogens (tertiary/aromatic N) is 1. The number of hydrogen-bond donors (Lipinski definition) is 1. The zero-order valence-electron chi connectivity index (χ0n) is 13.4. The number of hydrogen-bond acceptors (Lipinski definition) is 4. The molecule has 0 saturated heterocycles. The highest BCUT2D eigenvalue weighted by molar-refractivity contribution is 6.66. The summed E-state index contributed by atoms with van der Waals surface area (Å²) in [5, 5.41) is 10.3. The molecule has 0 heterocycles. The second-order valence-corrected chi connectivity index (χ2v) is 8.40. The van der Waals surface area contributed by atoms with Gasteiger partial charge in [-0.05, 0) is 45.7 Å². The molecule has 0 rings (SSSR count). The molecule has 0 aromatic carbocycles. The Morgan fingerprint density at radius 3 is 1.84 bits per heavy atom. The van der Waals surface area contributed by atoms with E-state index in [4.69, 9.17) is 8.85 Å². The fraction of sp³-hybridized carbons (Fsp3) is 1.00. The summed E-state index contributed by atoms with van der Waals surface area (Å²) in [4.78, 5) is 2.16. The van der Waals surface area contributed by atoms with Crippen molar-refractivity contribution in [1.82, 2.24) is 4.90 Å². The number of aliphatic hydroxyl groups excluding tert-OH is 1. The van der Waals surface area contributed by atoms with Gasteiger partial charge in [-0.25, -0.2) is 0 Å². The molecule has 1 N–H and O–H groups in total. The molecular weight excluding hydrogens is 258 g/mol. The quantitative estimate of drug-likeness (QED) is 0.443. The lowest BCUT2D eigenvalue weighted by Crippen LogP contribution is -2.42. The van der Waals surface area contributed by atoms with Gasteiger partial charge in [0.15, 0.2) is 0 Å². The average Bonchev–Trinajstić information content (AvgIpc) is 2.36. The van der Waals surface area contributed by atoms with E-state index in [1.54, 1.807) is 0 Å². The summed E-state index contributed by atoms with van der Waals surface area (Å²) in [6, 6.07) is 0.847. The van der Waals surface area contributed by atoms with Crippen molar-refractivity contribution in [3.05, 3.63) is 0 Å². The van der Waals surface area contributed by atoms with E-state index in [9.17, 15) is 5.11 Å². The Balaban J connectivity index is 4.30. The fourth-order valence-electron chi connectivity index (χ4n) is 2.35. The van der Waals surface area contributed by atoms with Crippen LogP contribution in [-0.2, 0) is 8.85 Å². The van der Waals surface area contributed by atoms with Gasteiger partial charge in [-0.3, -0.25) is 4.90 Å². The third kappa shape index (κ3) is 8.04. The normalized spacial score (nSPS) is 14.1. The molecule has 0 aromatic heterocycles. The van der Waals surface area contributed by atoms with Crippen LogP contribution in [0.25, 0.3) is 0 Å². The molecule has 0 aliphatic carbocycles. The minimum atomic E-state index is -2.09. The smallest absolute Gasteiger partial charge is 0.335 e. The Morgan fingerprint density at radius 1 is 1.00 bits per heavy atom. The predicted octanol–water partition coefficient (Wildman–Crippen LogP) is 2.96. The largest absolute Gasteiger partial charge is 0.395 e. The van der Waals surface area contributed by atoms with Crippen molar-refractivity contribution in [2.45, 2.75) is 65.8 Å². The molecule has 0 fully saturated rings. The second kappa shape index (κ2) is 10.8. The lowest BCUT2D eigenvalue weighted by atomic mass is 10.3. The maximum atomic E-state index is 10.3. The summed E-state index contributed by atoms with van der Waals surface area (Å²) < 4.78 is 11.6. The van der Waals surface area contributed by atoms with E-state index in [2.05, 4.69) is 25.3 Å². The van der Waals surface area contributed by atoms with Gasteiger partial charge in [-0.15, -0.1) is 0 Å². The predicted molar refractivity (Wildman–Crippen MR) is 82.5 cm³/mol. The minimum absolute atomic E-state index is 0.368. The molecule has 0 radical (unpaired) electrons. The van der Waals surface area contributed by atoms with Crippen LogP contribution in [0, 0.1) is 0 Å². The molecule has 0 aliphatic rings. The Labute approximate surface area is 120 Å². The third-order valence-electron chi connectivity index (χ3n) is 3.20. The summed E-state index contributed by atoms with van der Waals surface area (Å²) in [6.07, 6.45) is 2.52. The van der Waals surface area contributed by atoms with E-state index in [-0.39, 0.29) is 6.23 Å². The van der Waals surface area contributed by atoms with Gasteiger partial charge in [0, 0.05) is 26.3 Å². The van der Waals surface area contributed by atoms with Crippen LogP contribution in [0.5, 0.6) is 0 Å². The Kier molecular flexibility index (Phi) is 10.8. The Bertz CT molecular complexity index is 205. The van der Waals surface area contributed by atoms with Crippen LogP contribution in [0.4, 0.5) is 0 Å². The highest BCUT2D eigenvalue weighted by Crippen LogP contribution is 2.19. The summed E-state index contributed by atoms with van der Waals surface area (Å²) in [6.45, 7) is 13.7. The van der Waals surface area contributed by atoms with Crippen molar-refractivity contribution in [2.75, 3.05) is 26.3 Å². The van der Waals surface area contributed by atoms with Crippen LogP contribution in [0.15, 0.2) is 0 Å². The van der Waals surface area contributed by atoms with E-state index >= 15 is 0 Å². The van der Waals surface area contributed by atoms with Gasteiger partial charge in [0.1, 0.15) is 6.23 Å². The first-order valence-corrected chi connectivity index (χ1v) is 10.2. The van der Waals surface area contributed by atoms with Crippen molar-refractivity contribution >= 4 is 8.56 Å². The van der Waals surface area contributed by atoms with E-state index in [1.807, 2.05) is 13.8 Å². The van der Waals surface area contributed by atoms with Crippen molar-refractivity contribution in [1.29, 1.82) is 0 Å². The molecule has 1 atom stereocenters. The summed E-state index contributed by atoms with van der Waals surface area (Å²) in [5.41, 5.74) is 0. The number of aliphatic hydroxyl groups is 1. The van der Waals surface area contributed by atoms with Crippen LogP contribution in [0.2, 0.25) is 12.6 Å². The van der Waals surface area contributed by atoms with E-state index in [1.165, 1.54) is 0 Å². The van der Waals surface area contributed by atoms with Gasteiger partial charge in [0.2, 0.25) is 0 Å². The molecule has 1 unspecified atom stereocenters. The zero-order chi connectivity index (χ0) is 14.7. The van der Waals surface area contributed by atoms with Crippen molar-refractivity contribution in [2.24, 2.45) is 0 Å². The van der Waals surface area contributed by atoms with Gasteiger partial charge >= 0.3 is 8.56 Å². The third-order valence-corrected chi connectivity index (χ3v) is 6.19. The Morgan fingerprint density at radius 2 is 1.47 bits per heavy atom. The van der Waals surface area contributed by atoms with Crippen LogP contribution < -0.4 is 0 Å². The summed E-state index contributed by atoms with van der Waals surface area (Å²) in [5.74, 6) is 0. The lowest BCUT2D eigenvalue weighted by Gasteiger charge is -2.31. The maximum Gasteiger partial charge on any atom is 0.335 e. The molecule has 0 aliphatic heterocycles. The molecule has 0 aromatic rings. The minimum Gasteiger partial charge on any atom is -0.395 e. The molecule has 116 valence electrons. The highest BCUT2D eigenvalue weighted by Gasteiger charge is 2.31. The average molecular weight is 292 g/mol. The van der Waals surface area contributed by atoms with E-state index in [0.29, 0.717) is 13.2 Å². The first kappa shape index (κ1) is 19.1. The topological polar surface area (TPSA) is 41.9 Å². The first-order chi connectivity index (χ1) is 9.02. The SMILES string of the molecule is CCCN(CCC)C(O)CC[Si](C)(OCC)OCC. The Hall–Kier alpha value is 0.0569. The standard InChI is InChI=1S/C14H33NO3Si/c1-6-11-15(12-7-2)14(16)10-13-19(5,17-8-3)18-9-4/h14,16H,6-13H2,1-5H3. The van der Waals surface area contributed by atoms with Crippen LogP contribution in [0.1, 0.15) is 47.0 Å². The van der Waals surface area contributed by atoms with E-state index < -0.39 is 8.56 Å². The zero-order valence-corrected chi connectivity index (χ0v) is 14.4. The lowest BCUT2D eigenvalue weighted by molar-refractivity contribution is -0.000965. The van der Waals surface area contributed by atoms with Gasteiger partial charge in [-0.1, -0.05) is 13.8 Å². The van der Waals surface area contributed by atoms with E-state index in [0.717, 1.165) is 38.4 Å². The monoisotopic (exact) mass is 291 g/mol. The maximum absolute atomic E-state index is 10.3. The van der Waals surface area contributed by atoms with Crippen LogP contribution in [-0.4, -0.2) is 51.1 Å². The van der Waals surface area contributed by atoms with Crippen LogP contribution >= 0.6 is 0 Å². The molecule has 0 saturated carbocycles. The molecule has 0 amide bonds. The van der Waals surface area contributed by atoms with Crippen LogP contribution in [0.3, 0.4) is 0 Å². The second-order valence-electron chi connectivity index (χ2n) is 5.06. The van der Waals surface area contributed by atoms with Gasteiger partial charge in [0.25, 0.3) is 0 Å².